The van der Waals surface area contributed by atoms with Crippen LogP contribution in [0.4, 0.5) is 0 Å². The SMILES string of the molecule is CC/C(=C(\c1ccc(O)cc1)c1ccc(OC2CCC(N3CCN(CCOc4ccc5c(c4)C(=O)N(C4CCC(=O)NC4=O)C5=O)CC3)CN2)cc1)c1ccccc1. The van der Waals surface area contributed by atoms with Gasteiger partial charge in [-0.1, -0.05) is 61.5 Å². The van der Waals surface area contributed by atoms with Gasteiger partial charge in [-0.25, -0.2) is 0 Å². The number of fused-ring (bicyclic) bond motifs is 1. The molecule has 0 radical (unpaired) electrons. The molecule has 3 saturated heterocycles. The van der Waals surface area contributed by atoms with Gasteiger partial charge in [0, 0.05) is 51.7 Å². The second kappa shape index (κ2) is 17.4. The van der Waals surface area contributed by atoms with Crippen LogP contribution in [0, 0.1) is 0 Å². The van der Waals surface area contributed by atoms with Crippen molar-refractivity contribution in [2.24, 2.45) is 0 Å². The molecule has 12 nitrogen and oxygen atoms in total. The molecule has 0 spiro atoms. The van der Waals surface area contributed by atoms with E-state index >= 15 is 0 Å². The van der Waals surface area contributed by atoms with Gasteiger partial charge in [0.15, 0.2) is 0 Å². The Morgan fingerprint density at radius 3 is 2.12 bits per heavy atom. The van der Waals surface area contributed by atoms with Crippen LogP contribution in [-0.2, 0) is 9.59 Å². The van der Waals surface area contributed by atoms with E-state index in [0.29, 0.717) is 18.4 Å². The van der Waals surface area contributed by atoms with Crippen molar-refractivity contribution >= 4 is 34.8 Å². The molecule has 4 aromatic carbocycles. The molecule has 4 heterocycles. The summed E-state index contributed by atoms with van der Waals surface area (Å²) < 4.78 is 12.4. The highest BCUT2D eigenvalue weighted by molar-refractivity contribution is 6.23. The molecular formula is C46H49N5O7. The van der Waals surface area contributed by atoms with Crippen LogP contribution < -0.4 is 20.1 Å². The van der Waals surface area contributed by atoms with Crippen molar-refractivity contribution in [3.05, 3.63) is 125 Å². The number of carbonyl (C=O) groups excluding carboxylic acids is 4. The van der Waals surface area contributed by atoms with Crippen LogP contribution >= 0.6 is 0 Å². The zero-order valence-corrected chi connectivity index (χ0v) is 32.7. The number of hydrogen-bond donors (Lipinski definition) is 3. The monoisotopic (exact) mass is 783 g/mol. The molecule has 4 aromatic rings. The van der Waals surface area contributed by atoms with Crippen LogP contribution in [0.3, 0.4) is 0 Å². The highest BCUT2D eigenvalue weighted by atomic mass is 16.5. The van der Waals surface area contributed by atoms with Gasteiger partial charge in [0.2, 0.25) is 11.8 Å². The average molecular weight is 784 g/mol. The van der Waals surface area contributed by atoms with Crippen LogP contribution in [0.25, 0.3) is 11.1 Å². The van der Waals surface area contributed by atoms with Gasteiger partial charge in [-0.15, -0.1) is 0 Å². The summed E-state index contributed by atoms with van der Waals surface area (Å²) in [5.41, 5.74) is 6.16. The van der Waals surface area contributed by atoms with Crippen molar-refractivity contribution < 1.29 is 33.8 Å². The number of ether oxygens (including phenoxy) is 2. The summed E-state index contributed by atoms with van der Waals surface area (Å²) in [6, 6.07) is 30.5. The number of nitrogens with one attached hydrogen (secondary N) is 2. The van der Waals surface area contributed by atoms with E-state index < -0.39 is 29.7 Å². The van der Waals surface area contributed by atoms with Gasteiger partial charge in [-0.05, 0) is 96.0 Å². The molecule has 0 aliphatic carbocycles. The molecule has 3 atom stereocenters. The first-order chi connectivity index (χ1) is 28.2. The highest BCUT2D eigenvalue weighted by Crippen LogP contribution is 2.36. The number of carbonyl (C=O) groups is 4. The van der Waals surface area contributed by atoms with E-state index in [4.69, 9.17) is 9.47 Å². The molecule has 4 aliphatic rings. The first-order valence-corrected chi connectivity index (χ1v) is 20.3. The third kappa shape index (κ3) is 8.40. The molecule has 0 aromatic heterocycles. The maximum atomic E-state index is 13.2. The van der Waals surface area contributed by atoms with E-state index in [1.807, 2.05) is 30.3 Å². The van der Waals surface area contributed by atoms with E-state index in [2.05, 4.69) is 63.8 Å². The Bertz CT molecular complexity index is 2170. The maximum Gasteiger partial charge on any atom is 0.262 e. The molecule has 300 valence electrons. The Labute approximate surface area is 338 Å². The third-order valence-corrected chi connectivity index (χ3v) is 11.7. The topological polar surface area (TPSA) is 141 Å². The molecule has 3 N–H and O–H groups in total. The lowest BCUT2D eigenvalue weighted by atomic mass is 9.88. The molecule has 0 saturated carbocycles. The number of aromatic hydroxyl groups is 1. The van der Waals surface area contributed by atoms with Crippen molar-refractivity contribution in [1.29, 1.82) is 0 Å². The van der Waals surface area contributed by atoms with Crippen molar-refractivity contribution in [3.8, 4) is 17.2 Å². The number of rotatable bonds is 12. The van der Waals surface area contributed by atoms with Gasteiger partial charge >= 0.3 is 0 Å². The Hall–Kier alpha value is -5.82. The van der Waals surface area contributed by atoms with Crippen molar-refractivity contribution in [2.45, 2.75) is 57.3 Å². The number of phenolic OH excluding ortho intramolecular Hbond substituents is 1. The summed E-state index contributed by atoms with van der Waals surface area (Å²) >= 11 is 0. The van der Waals surface area contributed by atoms with Gasteiger partial charge in [0.1, 0.15) is 36.1 Å². The van der Waals surface area contributed by atoms with E-state index in [-0.39, 0.29) is 35.9 Å². The summed E-state index contributed by atoms with van der Waals surface area (Å²) in [6.45, 7) is 7.98. The smallest absolute Gasteiger partial charge is 0.262 e. The number of piperidine rings is 2. The predicted octanol–water partition coefficient (Wildman–Crippen LogP) is 5.32. The van der Waals surface area contributed by atoms with E-state index in [0.717, 1.165) is 85.9 Å². The molecule has 4 amide bonds. The minimum Gasteiger partial charge on any atom is -0.508 e. The zero-order valence-electron chi connectivity index (χ0n) is 32.7. The van der Waals surface area contributed by atoms with Gasteiger partial charge in [0.25, 0.3) is 11.8 Å². The molecule has 3 unspecified atom stereocenters. The standard InChI is InChI=1S/C46H49N5O7/c1-2-37(30-6-4-3-5-7-30)43(31-8-13-34(52)14-9-31)32-10-15-35(16-11-32)58-42-21-12-33(29-47-42)50-24-22-49(23-25-50)26-27-57-36-17-18-38-39(28-36)46(56)51(45(38)55)40-19-20-41(53)48-44(40)54/h3-11,13-18,28,33,40,42,47,52H,2,12,19-27,29H2,1H3,(H,48,53,54)/b43-37-. The first-order valence-electron chi connectivity index (χ1n) is 20.3. The van der Waals surface area contributed by atoms with Crippen LogP contribution in [0.2, 0.25) is 0 Å². The molecule has 58 heavy (non-hydrogen) atoms. The third-order valence-electron chi connectivity index (χ3n) is 11.7. The number of imide groups is 2. The summed E-state index contributed by atoms with van der Waals surface area (Å²) in [4.78, 5) is 56.0. The fourth-order valence-electron chi connectivity index (χ4n) is 8.58. The Balaban J connectivity index is 0.792. The lowest BCUT2D eigenvalue weighted by Gasteiger charge is -2.42. The largest absolute Gasteiger partial charge is 0.508 e. The van der Waals surface area contributed by atoms with E-state index in [9.17, 15) is 24.3 Å². The predicted molar refractivity (Wildman–Crippen MR) is 219 cm³/mol. The number of phenols is 1. The lowest BCUT2D eigenvalue weighted by molar-refractivity contribution is -0.136. The molecule has 4 aliphatic heterocycles. The van der Waals surface area contributed by atoms with Crippen LogP contribution in [-0.4, -0.2) is 108 Å². The summed E-state index contributed by atoms with van der Waals surface area (Å²) in [5, 5.41) is 15.8. The number of piperazine rings is 1. The molecule has 0 bridgehead atoms. The number of allylic oxidation sites excluding steroid dienone is 1. The van der Waals surface area contributed by atoms with Crippen LogP contribution in [0.1, 0.15) is 76.4 Å². The fourth-order valence-corrected chi connectivity index (χ4v) is 8.58. The fraction of sp³-hybridized carbons (Fsp3) is 0.348. The van der Waals surface area contributed by atoms with E-state index in [1.165, 1.54) is 11.1 Å². The van der Waals surface area contributed by atoms with E-state index in [1.54, 1.807) is 30.3 Å². The van der Waals surface area contributed by atoms with Gasteiger partial charge in [0.05, 0.1) is 11.1 Å². The first kappa shape index (κ1) is 39.0. The quantitative estimate of drug-likeness (QED) is 0.128. The molecular weight excluding hydrogens is 735 g/mol. The second-order valence-electron chi connectivity index (χ2n) is 15.3. The van der Waals surface area contributed by atoms with Crippen LogP contribution in [0.5, 0.6) is 17.2 Å². The molecule has 12 heteroatoms. The Morgan fingerprint density at radius 1 is 0.759 bits per heavy atom. The minimum absolute atomic E-state index is 0.0590. The lowest BCUT2D eigenvalue weighted by Crippen LogP contribution is -2.56. The maximum absolute atomic E-state index is 13.2. The molecule has 8 rings (SSSR count). The molecule has 3 fully saturated rings. The van der Waals surface area contributed by atoms with Gasteiger partial charge in [-0.2, -0.15) is 0 Å². The van der Waals surface area contributed by atoms with Crippen LogP contribution in [0.15, 0.2) is 97.1 Å². The normalized spacial score (nSPS) is 22.0. The van der Waals surface area contributed by atoms with Crippen molar-refractivity contribution in [2.75, 3.05) is 45.9 Å². The Kier molecular flexibility index (Phi) is 11.7. The summed E-state index contributed by atoms with van der Waals surface area (Å²) in [7, 11) is 0. The highest BCUT2D eigenvalue weighted by Gasteiger charge is 2.44. The van der Waals surface area contributed by atoms with Gasteiger partial charge < -0.3 is 14.6 Å². The Morgan fingerprint density at radius 2 is 1.45 bits per heavy atom. The number of nitrogens with zero attached hydrogens (tertiary/aromatic N) is 3. The van der Waals surface area contributed by atoms with Crippen molar-refractivity contribution in [1.82, 2.24) is 25.3 Å². The second-order valence-corrected chi connectivity index (χ2v) is 15.3. The zero-order chi connectivity index (χ0) is 40.2. The summed E-state index contributed by atoms with van der Waals surface area (Å²) in [5.74, 6) is -0.532. The summed E-state index contributed by atoms with van der Waals surface area (Å²) in [6.07, 6.45) is 2.95. The average Bonchev–Trinajstić information content (AvgIpc) is 3.49. The number of benzene rings is 4. The van der Waals surface area contributed by atoms with Crippen molar-refractivity contribution in [3.63, 3.8) is 0 Å². The number of amides is 4. The number of hydrogen-bond acceptors (Lipinski definition) is 10. The van der Waals surface area contributed by atoms with Gasteiger partial charge in [-0.3, -0.25) is 44.5 Å². The minimum atomic E-state index is -0.993.